The van der Waals surface area contributed by atoms with Gasteiger partial charge in [0.15, 0.2) is 0 Å². The van der Waals surface area contributed by atoms with E-state index in [9.17, 15) is 9.59 Å². The molecule has 0 saturated heterocycles. The molecule has 6 nitrogen and oxygen atoms in total. The second-order valence-electron chi connectivity index (χ2n) is 5.62. The van der Waals surface area contributed by atoms with Gasteiger partial charge < -0.3 is 16.4 Å². The zero-order valence-corrected chi connectivity index (χ0v) is 13.5. The number of benzene rings is 2. The molecule has 6 heteroatoms. The first kappa shape index (κ1) is 16.4. The Bertz CT molecular complexity index is 891. The summed E-state index contributed by atoms with van der Waals surface area (Å²) in [5.74, 6) is -0.588. The normalized spacial score (nSPS) is 11.7. The number of urea groups is 1. The minimum Gasteiger partial charge on any atom is -0.368 e. The van der Waals surface area contributed by atoms with E-state index in [1.54, 1.807) is 12.3 Å². The van der Waals surface area contributed by atoms with Crippen molar-refractivity contribution in [2.24, 2.45) is 5.73 Å². The minimum atomic E-state index is -0.801. The molecule has 1 aromatic heterocycles. The second-order valence-corrected chi connectivity index (χ2v) is 5.62. The molecule has 0 saturated carbocycles. The molecule has 0 bridgehead atoms. The zero-order chi connectivity index (χ0) is 17.6. The Kier molecular flexibility index (Phi) is 4.89. The van der Waals surface area contributed by atoms with Crippen LogP contribution in [-0.2, 0) is 11.2 Å². The smallest absolute Gasteiger partial charge is 0.319 e. The van der Waals surface area contributed by atoms with Crippen LogP contribution in [0.15, 0.2) is 66.9 Å². The lowest BCUT2D eigenvalue weighted by Crippen LogP contribution is -2.47. The van der Waals surface area contributed by atoms with Crippen molar-refractivity contribution < 1.29 is 9.59 Å². The van der Waals surface area contributed by atoms with Crippen LogP contribution in [0.25, 0.3) is 10.9 Å². The van der Waals surface area contributed by atoms with Crippen molar-refractivity contribution in [2.75, 3.05) is 5.32 Å². The third-order valence-electron chi connectivity index (χ3n) is 3.81. The molecule has 0 aliphatic rings. The van der Waals surface area contributed by atoms with Crippen LogP contribution in [-0.4, -0.2) is 23.0 Å². The molecule has 3 amide bonds. The number of pyridine rings is 1. The van der Waals surface area contributed by atoms with Crippen LogP contribution < -0.4 is 16.4 Å². The number of para-hydroxylation sites is 1. The Morgan fingerprint density at radius 2 is 1.76 bits per heavy atom. The molecule has 3 aromatic rings. The summed E-state index contributed by atoms with van der Waals surface area (Å²) in [5, 5.41) is 6.27. The number of hydrogen-bond acceptors (Lipinski definition) is 3. The summed E-state index contributed by atoms with van der Waals surface area (Å²) < 4.78 is 0. The van der Waals surface area contributed by atoms with E-state index in [2.05, 4.69) is 15.6 Å². The van der Waals surface area contributed by atoms with Crippen LogP contribution in [0.5, 0.6) is 0 Å². The van der Waals surface area contributed by atoms with Crippen molar-refractivity contribution in [3.63, 3.8) is 0 Å². The monoisotopic (exact) mass is 334 g/mol. The molecular formula is C19H18N4O2. The number of nitrogens with one attached hydrogen (secondary N) is 2. The van der Waals surface area contributed by atoms with Gasteiger partial charge in [0.1, 0.15) is 6.04 Å². The van der Waals surface area contributed by atoms with Gasteiger partial charge in [0.25, 0.3) is 0 Å². The van der Waals surface area contributed by atoms with E-state index < -0.39 is 18.0 Å². The third kappa shape index (κ3) is 4.11. The highest BCUT2D eigenvalue weighted by Crippen LogP contribution is 2.20. The average molecular weight is 334 g/mol. The average Bonchev–Trinajstić information content (AvgIpc) is 2.62. The number of aromatic nitrogens is 1. The van der Waals surface area contributed by atoms with Crippen LogP contribution in [0.4, 0.5) is 10.5 Å². The molecule has 0 spiro atoms. The topological polar surface area (TPSA) is 97.1 Å². The predicted octanol–water partition coefficient (Wildman–Crippen LogP) is 2.45. The fourth-order valence-corrected chi connectivity index (χ4v) is 2.59. The summed E-state index contributed by atoms with van der Waals surface area (Å²) in [6.07, 6.45) is 1.99. The van der Waals surface area contributed by atoms with Crippen molar-refractivity contribution in [1.29, 1.82) is 0 Å². The number of carbonyl (C=O) groups excluding carboxylic acids is 2. The Labute approximate surface area is 145 Å². The minimum absolute atomic E-state index is 0.331. The SMILES string of the molecule is NC(=O)[C@H](Cc1ccccc1)NC(=O)Nc1cccc2cccnc12. The van der Waals surface area contributed by atoms with Gasteiger partial charge in [0.05, 0.1) is 11.2 Å². The van der Waals surface area contributed by atoms with Crippen molar-refractivity contribution in [3.8, 4) is 0 Å². The lowest BCUT2D eigenvalue weighted by molar-refractivity contribution is -0.119. The van der Waals surface area contributed by atoms with Gasteiger partial charge in [-0.25, -0.2) is 4.79 Å². The highest BCUT2D eigenvalue weighted by atomic mass is 16.2. The number of anilines is 1. The number of primary amides is 1. The van der Waals surface area contributed by atoms with E-state index >= 15 is 0 Å². The molecule has 126 valence electrons. The molecule has 2 aromatic carbocycles. The van der Waals surface area contributed by atoms with E-state index in [-0.39, 0.29) is 0 Å². The van der Waals surface area contributed by atoms with Gasteiger partial charge in [0.2, 0.25) is 5.91 Å². The van der Waals surface area contributed by atoms with E-state index in [4.69, 9.17) is 5.73 Å². The molecular weight excluding hydrogens is 316 g/mol. The number of fused-ring (bicyclic) bond motifs is 1. The number of nitrogens with zero attached hydrogens (tertiary/aromatic N) is 1. The number of rotatable bonds is 5. The van der Waals surface area contributed by atoms with Gasteiger partial charge in [-0.3, -0.25) is 9.78 Å². The summed E-state index contributed by atoms with van der Waals surface area (Å²) in [6, 6.07) is 17.3. The lowest BCUT2D eigenvalue weighted by Gasteiger charge is -2.16. The molecule has 1 atom stereocenters. The molecule has 3 rings (SSSR count). The molecule has 0 fully saturated rings. The maximum Gasteiger partial charge on any atom is 0.319 e. The number of hydrogen-bond donors (Lipinski definition) is 3. The van der Waals surface area contributed by atoms with Crippen molar-refractivity contribution in [1.82, 2.24) is 10.3 Å². The molecule has 25 heavy (non-hydrogen) atoms. The summed E-state index contributed by atoms with van der Waals surface area (Å²) in [7, 11) is 0. The first-order valence-electron chi connectivity index (χ1n) is 7.88. The van der Waals surface area contributed by atoms with Crippen molar-refractivity contribution in [3.05, 3.63) is 72.4 Å². The Hall–Kier alpha value is -3.41. The molecule has 0 aliphatic carbocycles. The largest absolute Gasteiger partial charge is 0.368 e. The zero-order valence-electron chi connectivity index (χ0n) is 13.5. The standard InChI is InChI=1S/C19H18N4O2/c20-18(24)16(12-13-6-2-1-3-7-13)23-19(25)22-15-10-4-8-14-9-5-11-21-17(14)15/h1-11,16H,12H2,(H2,20,24)(H2,22,23,25)/t16-/m0/s1. The van der Waals surface area contributed by atoms with Crippen LogP contribution >= 0.6 is 0 Å². The van der Waals surface area contributed by atoms with Crippen LogP contribution in [0.3, 0.4) is 0 Å². The van der Waals surface area contributed by atoms with Gasteiger partial charge >= 0.3 is 6.03 Å². The summed E-state index contributed by atoms with van der Waals surface area (Å²) >= 11 is 0. The maximum atomic E-state index is 12.3. The number of amides is 3. The molecule has 4 N–H and O–H groups in total. The quantitative estimate of drug-likeness (QED) is 0.668. The van der Waals surface area contributed by atoms with Gasteiger partial charge in [-0.05, 0) is 17.7 Å². The first-order chi connectivity index (χ1) is 12.1. The first-order valence-corrected chi connectivity index (χ1v) is 7.88. The fraction of sp³-hybridized carbons (Fsp3) is 0.105. The predicted molar refractivity (Wildman–Crippen MR) is 97.0 cm³/mol. The van der Waals surface area contributed by atoms with Crippen molar-refractivity contribution >= 4 is 28.5 Å². The summed E-state index contributed by atoms with van der Waals surface area (Å²) in [6.45, 7) is 0. The summed E-state index contributed by atoms with van der Waals surface area (Å²) in [5.41, 5.74) is 7.59. The Morgan fingerprint density at radius 3 is 2.52 bits per heavy atom. The Morgan fingerprint density at radius 1 is 1.00 bits per heavy atom. The Balaban J connectivity index is 1.72. The van der Waals surface area contributed by atoms with E-state index in [1.807, 2.05) is 54.6 Å². The molecule has 1 heterocycles. The van der Waals surface area contributed by atoms with Gasteiger partial charge in [-0.1, -0.05) is 48.5 Å². The molecule has 0 aliphatic heterocycles. The summed E-state index contributed by atoms with van der Waals surface area (Å²) in [4.78, 5) is 28.3. The molecule has 0 unspecified atom stereocenters. The highest BCUT2D eigenvalue weighted by molar-refractivity contribution is 6.00. The number of carbonyl (C=O) groups is 2. The van der Waals surface area contributed by atoms with Crippen molar-refractivity contribution in [2.45, 2.75) is 12.5 Å². The van der Waals surface area contributed by atoms with Gasteiger partial charge in [0, 0.05) is 18.0 Å². The molecule has 0 radical (unpaired) electrons. The van der Waals surface area contributed by atoms with E-state index in [1.165, 1.54) is 0 Å². The van der Waals surface area contributed by atoms with Crippen LogP contribution in [0.1, 0.15) is 5.56 Å². The highest BCUT2D eigenvalue weighted by Gasteiger charge is 2.19. The number of nitrogens with two attached hydrogens (primary N) is 1. The van der Waals surface area contributed by atoms with Gasteiger partial charge in [-0.2, -0.15) is 0 Å². The van der Waals surface area contributed by atoms with Crippen LogP contribution in [0, 0.1) is 0 Å². The second kappa shape index (κ2) is 7.44. The van der Waals surface area contributed by atoms with E-state index in [0.717, 1.165) is 10.9 Å². The fourth-order valence-electron chi connectivity index (χ4n) is 2.59. The van der Waals surface area contributed by atoms with Crippen LogP contribution in [0.2, 0.25) is 0 Å². The van der Waals surface area contributed by atoms with Gasteiger partial charge in [-0.15, -0.1) is 0 Å². The lowest BCUT2D eigenvalue weighted by atomic mass is 10.1. The maximum absolute atomic E-state index is 12.3. The van der Waals surface area contributed by atoms with E-state index in [0.29, 0.717) is 17.6 Å². The third-order valence-corrected chi connectivity index (χ3v) is 3.81.